The van der Waals surface area contributed by atoms with Crippen LogP contribution in [0.4, 0.5) is 0 Å². The molecule has 3 N–H and O–H groups in total. The standard InChI is InChI=1S/C12H22N2O5S/c1-3-7-20(18,19)14-8(2)11(15)13-10-6-4-5-9(10)12(16)17/h8-10,14H,3-7H2,1-2H3,(H,13,15)(H,16,17). The molecule has 0 spiro atoms. The third-order valence-electron chi connectivity index (χ3n) is 3.38. The molecule has 1 saturated carbocycles. The van der Waals surface area contributed by atoms with E-state index in [1.54, 1.807) is 6.92 Å². The molecule has 0 aliphatic heterocycles. The molecule has 1 aliphatic rings. The van der Waals surface area contributed by atoms with Gasteiger partial charge < -0.3 is 10.4 Å². The molecule has 1 aliphatic carbocycles. The average molecular weight is 306 g/mol. The van der Waals surface area contributed by atoms with Gasteiger partial charge in [-0.15, -0.1) is 0 Å². The van der Waals surface area contributed by atoms with Crippen molar-refractivity contribution in [2.75, 3.05) is 5.75 Å². The van der Waals surface area contributed by atoms with E-state index in [1.807, 2.05) is 0 Å². The van der Waals surface area contributed by atoms with Gasteiger partial charge in [-0.2, -0.15) is 0 Å². The highest BCUT2D eigenvalue weighted by molar-refractivity contribution is 7.89. The van der Waals surface area contributed by atoms with Crippen molar-refractivity contribution >= 4 is 21.9 Å². The lowest BCUT2D eigenvalue weighted by Crippen LogP contribution is -2.50. The summed E-state index contributed by atoms with van der Waals surface area (Å²) in [7, 11) is -3.47. The van der Waals surface area contributed by atoms with Gasteiger partial charge in [-0.25, -0.2) is 13.1 Å². The van der Waals surface area contributed by atoms with Crippen molar-refractivity contribution < 1.29 is 23.1 Å². The maximum absolute atomic E-state index is 11.9. The lowest BCUT2D eigenvalue weighted by atomic mass is 10.0. The lowest BCUT2D eigenvalue weighted by Gasteiger charge is -2.20. The highest BCUT2D eigenvalue weighted by Gasteiger charge is 2.34. The Morgan fingerprint density at radius 3 is 2.55 bits per heavy atom. The van der Waals surface area contributed by atoms with Gasteiger partial charge in [0, 0.05) is 6.04 Å². The third kappa shape index (κ3) is 4.75. The fraction of sp³-hybridized carbons (Fsp3) is 0.833. The van der Waals surface area contributed by atoms with E-state index in [4.69, 9.17) is 5.11 Å². The Bertz CT molecular complexity index is 462. The predicted octanol–water partition coefficient (Wildman–Crippen LogP) is 0.0738. The highest BCUT2D eigenvalue weighted by Crippen LogP contribution is 2.25. The summed E-state index contributed by atoms with van der Waals surface area (Å²) in [4.78, 5) is 22.9. The second-order valence-corrected chi connectivity index (χ2v) is 7.02. The molecule has 0 radical (unpaired) electrons. The van der Waals surface area contributed by atoms with Crippen LogP contribution in [0, 0.1) is 5.92 Å². The number of carboxylic acids is 1. The van der Waals surface area contributed by atoms with E-state index in [0.717, 1.165) is 6.42 Å². The summed E-state index contributed by atoms with van der Waals surface area (Å²) >= 11 is 0. The first-order valence-electron chi connectivity index (χ1n) is 6.80. The smallest absolute Gasteiger partial charge is 0.308 e. The second-order valence-electron chi connectivity index (χ2n) is 5.15. The minimum atomic E-state index is -3.47. The molecule has 0 aromatic heterocycles. The molecule has 116 valence electrons. The summed E-state index contributed by atoms with van der Waals surface area (Å²) in [6, 6.07) is -1.32. The van der Waals surface area contributed by atoms with Gasteiger partial charge in [-0.05, 0) is 26.2 Å². The monoisotopic (exact) mass is 306 g/mol. The molecule has 7 nitrogen and oxygen atoms in total. The van der Waals surface area contributed by atoms with E-state index in [0.29, 0.717) is 19.3 Å². The van der Waals surface area contributed by atoms with Crippen LogP contribution in [0.5, 0.6) is 0 Å². The van der Waals surface area contributed by atoms with Crippen molar-refractivity contribution in [3.05, 3.63) is 0 Å². The van der Waals surface area contributed by atoms with Gasteiger partial charge in [-0.3, -0.25) is 9.59 Å². The van der Waals surface area contributed by atoms with Crippen molar-refractivity contribution in [2.24, 2.45) is 5.92 Å². The van der Waals surface area contributed by atoms with Gasteiger partial charge in [0.15, 0.2) is 0 Å². The zero-order valence-corrected chi connectivity index (χ0v) is 12.6. The molecule has 0 aromatic carbocycles. The van der Waals surface area contributed by atoms with Gasteiger partial charge in [0.1, 0.15) is 0 Å². The predicted molar refractivity (Wildman–Crippen MR) is 73.6 cm³/mol. The molecule has 1 amide bonds. The van der Waals surface area contributed by atoms with Crippen molar-refractivity contribution in [3.8, 4) is 0 Å². The largest absolute Gasteiger partial charge is 0.481 e. The summed E-state index contributed by atoms with van der Waals surface area (Å²) < 4.78 is 25.4. The first-order valence-corrected chi connectivity index (χ1v) is 8.45. The maximum Gasteiger partial charge on any atom is 0.308 e. The molecule has 0 heterocycles. The number of aliphatic carboxylic acids is 1. The van der Waals surface area contributed by atoms with Crippen LogP contribution in [0.2, 0.25) is 0 Å². The van der Waals surface area contributed by atoms with Crippen LogP contribution >= 0.6 is 0 Å². The van der Waals surface area contributed by atoms with Crippen molar-refractivity contribution in [1.29, 1.82) is 0 Å². The second kappa shape index (κ2) is 7.03. The molecule has 1 fully saturated rings. The van der Waals surface area contributed by atoms with Gasteiger partial charge in [-0.1, -0.05) is 13.3 Å². The van der Waals surface area contributed by atoms with Gasteiger partial charge in [0.05, 0.1) is 17.7 Å². The molecule has 0 bridgehead atoms. The van der Waals surface area contributed by atoms with Crippen molar-refractivity contribution in [3.63, 3.8) is 0 Å². The van der Waals surface area contributed by atoms with Crippen LogP contribution in [-0.2, 0) is 19.6 Å². The average Bonchev–Trinajstić information content (AvgIpc) is 2.76. The van der Waals surface area contributed by atoms with E-state index < -0.39 is 39.9 Å². The Morgan fingerprint density at radius 1 is 1.35 bits per heavy atom. The van der Waals surface area contributed by atoms with Crippen molar-refractivity contribution in [1.82, 2.24) is 10.0 Å². The Morgan fingerprint density at radius 2 is 2.00 bits per heavy atom. The zero-order valence-electron chi connectivity index (χ0n) is 11.8. The zero-order chi connectivity index (χ0) is 15.3. The van der Waals surface area contributed by atoms with Crippen LogP contribution in [0.1, 0.15) is 39.5 Å². The first kappa shape index (κ1) is 16.9. The minimum Gasteiger partial charge on any atom is -0.481 e. The summed E-state index contributed by atoms with van der Waals surface area (Å²) in [5.41, 5.74) is 0. The Hall–Kier alpha value is -1.15. The summed E-state index contributed by atoms with van der Waals surface area (Å²) in [5, 5.41) is 11.7. The molecule has 0 aromatic rings. The number of nitrogens with one attached hydrogen (secondary N) is 2. The number of rotatable bonds is 7. The van der Waals surface area contributed by atoms with Crippen LogP contribution in [-0.4, -0.2) is 43.2 Å². The van der Waals surface area contributed by atoms with E-state index in [2.05, 4.69) is 10.0 Å². The summed E-state index contributed by atoms with van der Waals surface area (Å²) in [5.74, 6) is -2.03. The molecular weight excluding hydrogens is 284 g/mol. The number of carbonyl (C=O) groups is 2. The number of carboxylic acid groups (broad SMARTS) is 1. The molecule has 20 heavy (non-hydrogen) atoms. The summed E-state index contributed by atoms with van der Waals surface area (Å²) in [6.45, 7) is 3.19. The fourth-order valence-corrected chi connectivity index (χ4v) is 3.69. The van der Waals surface area contributed by atoms with Gasteiger partial charge >= 0.3 is 5.97 Å². The SMILES string of the molecule is CCCS(=O)(=O)NC(C)C(=O)NC1CCCC1C(=O)O. The Balaban J connectivity index is 2.56. The maximum atomic E-state index is 11.9. The number of amides is 1. The van der Waals surface area contributed by atoms with E-state index >= 15 is 0 Å². The summed E-state index contributed by atoms with van der Waals surface area (Å²) in [6.07, 6.45) is 2.36. The van der Waals surface area contributed by atoms with Crippen LogP contribution in [0.15, 0.2) is 0 Å². The fourth-order valence-electron chi connectivity index (χ4n) is 2.39. The minimum absolute atomic E-state index is 0.0359. The normalized spacial score (nSPS) is 24.3. The number of hydrogen-bond donors (Lipinski definition) is 3. The van der Waals surface area contributed by atoms with Gasteiger partial charge in [0.25, 0.3) is 0 Å². The van der Waals surface area contributed by atoms with E-state index in [9.17, 15) is 18.0 Å². The van der Waals surface area contributed by atoms with Gasteiger partial charge in [0.2, 0.25) is 15.9 Å². The number of hydrogen-bond acceptors (Lipinski definition) is 4. The van der Waals surface area contributed by atoms with Crippen LogP contribution in [0.25, 0.3) is 0 Å². The molecule has 3 unspecified atom stereocenters. The number of carbonyl (C=O) groups excluding carboxylic acids is 1. The lowest BCUT2D eigenvalue weighted by molar-refractivity contribution is -0.142. The van der Waals surface area contributed by atoms with Crippen molar-refractivity contribution in [2.45, 2.75) is 51.6 Å². The molecule has 1 rings (SSSR count). The van der Waals surface area contributed by atoms with Crippen LogP contribution in [0.3, 0.4) is 0 Å². The number of sulfonamides is 1. The Kier molecular flexibility index (Phi) is 5.94. The topological polar surface area (TPSA) is 113 Å². The highest BCUT2D eigenvalue weighted by atomic mass is 32.2. The Labute approximate surface area is 119 Å². The molecule has 8 heteroatoms. The van der Waals surface area contributed by atoms with E-state index in [-0.39, 0.29) is 5.75 Å². The molecule has 0 saturated heterocycles. The third-order valence-corrected chi connectivity index (χ3v) is 5.04. The molecule has 3 atom stereocenters. The first-order chi connectivity index (χ1) is 9.26. The quantitative estimate of drug-likeness (QED) is 0.616. The van der Waals surface area contributed by atoms with E-state index in [1.165, 1.54) is 6.92 Å². The van der Waals surface area contributed by atoms with Crippen LogP contribution < -0.4 is 10.0 Å². The molecular formula is C12H22N2O5S.